The average molecular weight is 268 g/mol. The molecule has 1 atom stereocenters. The number of carboxylic acid groups (broad SMARTS) is 1. The number of rotatable bonds is 2. The Hall–Kier alpha value is -2.33. The molecule has 0 spiro atoms. The maximum atomic E-state index is 11.4. The molecule has 0 radical (unpaired) electrons. The number of hydrogen-bond acceptors (Lipinski definition) is 2. The van der Waals surface area contributed by atoms with Gasteiger partial charge >= 0.3 is 6.09 Å². The largest absolute Gasteiger partial charge is 0.464 e. The predicted octanol–water partition coefficient (Wildman–Crippen LogP) is 3.21. The first kappa shape index (κ1) is 12.7. The second-order valence-electron chi connectivity index (χ2n) is 5.20. The number of nitrogens with zero attached hydrogens (tertiary/aromatic N) is 1. The minimum atomic E-state index is -0.971. The van der Waals surface area contributed by atoms with Crippen molar-refractivity contribution in [3.8, 4) is 0 Å². The Bertz CT molecular complexity index is 803. The van der Waals surface area contributed by atoms with Crippen molar-refractivity contribution in [2.75, 3.05) is 0 Å². The summed E-state index contributed by atoms with van der Waals surface area (Å²) in [5.74, 6) is 0. The number of aromatic nitrogens is 1. The molecule has 3 aromatic rings. The zero-order valence-corrected chi connectivity index (χ0v) is 11.2. The molecule has 0 aliphatic heterocycles. The fourth-order valence-electron chi connectivity index (χ4n) is 2.65. The van der Waals surface area contributed by atoms with E-state index in [0.717, 1.165) is 21.7 Å². The van der Waals surface area contributed by atoms with Crippen molar-refractivity contribution >= 4 is 27.8 Å². The first-order valence-corrected chi connectivity index (χ1v) is 6.58. The monoisotopic (exact) mass is 268 g/mol. The predicted molar refractivity (Wildman–Crippen MR) is 80.2 cm³/mol. The van der Waals surface area contributed by atoms with Gasteiger partial charge in [-0.3, -0.25) is 4.57 Å². The van der Waals surface area contributed by atoms with Gasteiger partial charge in [0, 0.05) is 17.6 Å². The van der Waals surface area contributed by atoms with Gasteiger partial charge in [0.05, 0.1) is 5.52 Å². The van der Waals surface area contributed by atoms with Crippen molar-refractivity contribution in [1.82, 2.24) is 4.57 Å². The van der Waals surface area contributed by atoms with Crippen LogP contribution in [-0.2, 0) is 6.42 Å². The second-order valence-corrected chi connectivity index (χ2v) is 5.20. The molecule has 0 fully saturated rings. The van der Waals surface area contributed by atoms with Crippen molar-refractivity contribution in [2.24, 2.45) is 5.73 Å². The molecule has 0 amide bonds. The van der Waals surface area contributed by atoms with E-state index in [-0.39, 0.29) is 6.04 Å². The van der Waals surface area contributed by atoms with E-state index >= 15 is 0 Å². The first-order chi connectivity index (χ1) is 9.56. The molecule has 0 unspecified atom stereocenters. The van der Waals surface area contributed by atoms with Gasteiger partial charge < -0.3 is 10.8 Å². The summed E-state index contributed by atoms with van der Waals surface area (Å²) < 4.78 is 1.28. The van der Waals surface area contributed by atoms with Crippen LogP contribution in [0, 0.1) is 0 Å². The molecule has 20 heavy (non-hydrogen) atoms. The van der Waals surface area contributed by atoms with Crippen LogP contribution in [-0.4, -0.2) is 21.8 Å². The molecule has 1 aromatic heterocycles. The van der Waals surface area contributed by atoms with Gasteiger partial charge in [-0.2, -0.15) is 0 Å². The standard InChI is InChI=1S/C16H16N2O2/c1-10(17)6-13-9-18(16(19)20)15-8-12-5-3-2-4-11(12)7-14(13)15/h2-5,7-10H,6,17H2,1H3,(H,19,20)/t10-/m1/s1. The summed E-state index contributed by atoms with van der Waals surface area (Å²) in [6.45, 7) is 1.92. The Morgan fingerprint density at radius 3 is 2.55 bits per heavy atom. The SMILES string of the molecule is C[C@@H](N)Cc1cn(C(=O)O)c2cc3ccccc3cc12. The molecule has 2 aromatic carbocycles. The zero-order valence-electron chi connectivity index (χ0n) is 11.2. The van der Waals surface area contributed by atoms with E-state index in [0.29, 0.717) is 11.9 Å². The molecular weight excluding hydrogens is 252 g/mol. The molecule has 0 aliphatic rings. The van der Waals surface area contributed by atoms with Crippen molar-refractivity contribution in [2.45, 2.75) is 19.4 Å². The van der Waals surface area contributed by atoms with Crippen LogP contribution in [0.15, 0.2) is 42.6 Å². The maximum absolute atomic E-state index is 11.4. The third-order valence-corrected chi connectivity index (χ3v) is 3.50. The first-order valence-electron chi connectivity index (χ1n) is 6.58. The normalized spacial score (nSPS) is 12.9. The number of fused-ring (bicyclic) bond motifs is 2. The van der Waals surface area contributed by atoms with E-state index in [9.17, 15) is 9.90 Å². The van der Waals surface area contributed by atoms with Crippen LogP contribution >= 0.6 is 0 Å². The maximum Gasteiger partial charge on any atom is 0.416 e. The molecule has 1 heterocycles. The fourth-order valence-corrected chi connectivity index (χ4v) is 2.65. The van der Waals surface area contributed by atoms with E-state index in [1.807, 2.05) is 43.3 Å². The van der Waals surface area contributed by atoms with E-state index in [1.54, 1.807) is 6.20 Å². The lowest BCUT2D eigenvalue weighted by Crippen LogP contribution is -2.17. The van der Waals surface area contributed by atoms with Crippen molar-refractivity contribution in [1.29, 1.82) is 0 Å². The molecule has 102 valence electrons. The van der Waals surface area contributed by atoms with Gasteiger partial charge in [-0.25, -0.2) is 4.79 Å². The zero-order chi connectivity index (χ0) is 14.3. The average Bonchev–Trinajstić information content (AvgIpc) is 2.74. The molecule has 0 saturated heterocycles. The molecule has 0 bridgehead atoms. The van der Waals surface area contributed by atoms with E-state index in [4.69, 9.17) is 5.73 Å². The highest BCUT2D eigenvalue weighted by atomic mass is 16.4. The minimum Gasteiger partial charge on any atom is -0.464 e. The Kier molecular flexibility index (Phi) is 2.95. The Balaban J connectivity index is 2.34. The number of nitrogens with two attached hydrogens (primary N) is 1. The highest BCUT2D eigenvalue weighted by Crippen LogP contribution is 2.27. The number of benzene rings is 2. The molecule has 0 saturated carbocycles. The summed E-state index contributed by atoms with van der Waals surface area (Å²) in [5, 5.41) is 12.4. The summed E-state index contributed by atoms with van der Waals surface area (Å²) in [6.07, 6.45) is 1.37. The van der Waals surface area contributed by atoms with Crippen molar-refractivity contribution in [3.63, 3.8) is 0 Å². The summed E-state index contributed by atoms with van der Waals surface area (Å²) in [7, 11) is 0. The van der Waals surface area contributed by atoms with Gasteiger partial charge in [0.1, 0.15) is 0 Å². The molecular formula is C16H16N2O2. The molecule has 0 aliphatic carbocycles. The molecule has 4 nitrogen and oxygen atoms in total. The topological polar surface area (TPSA) is 68.2 Å². The van der Waals surface area contributed by atoms with Gasteiger partial charge in [0.2, 0.25) is 0 Å². The summed E-state index contributed by atoms with van der Waals surface area (Å²) in [5.41, 5.74) is 7.55. The quantitative estimate of drug-likeness (QED) is 0.750. The van der Waals surface area contributed by atoms with Gasteiger partial charge in [-0.05, 0) is 41.8 Å². The fraction of sp³-hybridized carbons (Fsp3) is 0.188. The van der Waals surface area contributed by atoms with Crippen molar-refractivity contribution in [3.05, 3.63) is 48.2 Å². The Labute approximate surface area is 116 Å². The lowest BCUT2D eigenvalue weighted by atomic mass is 10.0. The smallest absolute Gasteiger partial charge is 0.416 e. The lowest BCUT2D eigenvalue weighted by molar-refractivity contribution is 0.197. The van der Waals surface area contributed by atoms with E-state index in [2.05, 4.69) is 0 Å². The summed E-state index contributed by atoms with van der Waals surface area (Å²) in [6, 6.07) is 11.9. The second kappa shape index (κ2) is 4.65. The number of hydrogen-bond donors (Lipinski definition) is 2. The van der Waals surface area contributed by atoms with Crippen LogP contribution in [0.3, 0.4) is 0 Å². The van der Waals surface area contributed by atoms with Gasteiger partial charge in [0.15, 0.2) is 0 Å². The van der Waals surface area contributed by atoms with Crippen LogP contribution in [0.1, 0.15) is 12.5 Å². The van der Waals surface area contributed by atoms with E-state index in [1.165, 1.54) is 4.57 Å². The van der Waals surface area contributed by atoms with E-state index < -0.39 is 6.09 Å². The van der Waals surface area contributed by atoms with Crippen LogP contribution in [0.4, 0.5) is 4.79 Å². The Morgan fingerprint density at radius 1 is 1.30 bits per heavy atom. The molecule has 3 rings (SSSR count). The third kappa shape index (κ3) is 2.04. The van der Waals surface area contributed by atoms with Crippen LogP contribution in [0.2, 0.25) is 0 Å². The van der Waals surface area contributed by atoms with Crippen LogP contribution in [0.5, 0.6) is 0 Å². The minimum absolute atomic E-state index is 0.00526. The van der Waals surface area contributed by atoms with Gasteiger partial charge in [0.25, 0.3) is 0 Å². The van der Waals surface area contributed by atoms with Crippen LogP contribution in [0.25, 0.3) is 21.7 Å². The molecule has 3 N–H and O–H groups in total. The highest BCUT2D eigenvalue weighted by molar-refractivity contribution is 6.01. The summed E-state index contributed by atoms with van der Waals surface area (Å²) >= 11 is 0. The summed E-state index contributed by atoms with van der Waals surface area (Å²) in [4.78, 5) is 11.4. The van der Waals surface area contributed by atoms with Gasteiger partial charge in [-0.1, -0.05) is 24.3 Å². The Morgan fingerprint density at radius 2 is 1.95 bits per heavy atom. The number of carbonyl (C=O) groups is 1. The van der Waals surface area contributed by atoms with Crippen molar-refractivity contribution < 1.29 is 9.90 Å². The lowest BCUT2D eigenvalue weighted by Gasteiger charge is -2.04. The van der Waals surface area contributed by atoms with Gasteiger partial charge in [-0.15, -0.1) is 0 Å². The highest BCUT2D eigenvalue weighted by Gasteiger charge is 2.14. The molecule has 4 heteroatoms. The third-order valence-electron chi connectivity index (χ3n) is 3.50. The van der Waals surface area contributed by atoms with Crippen LogP contribution < -0.4 is 5.73 Å².